The van der Waals surface area contributed by atoms with Gasteiger partial charge in [0.05, 0.1) is 23.0 Å². The molecule has 4 aromatic rings. The number of likely N-dealkylation sites (N-methyl/N-ethyl adjacent to an activating group) is 1. The number of aromatic amines is 1. The van der Waals surface area contributed by atoms with E-state index in [1.165, 1.54) is 9.47 Å². The third kappa shape index (κ3) is 3.20. The lowest BCUT2D eigenvalue weighted by Crippen LogP contribution is -2.36. The van der Waals surface area contributed by atoms with Gasteiger partial charge < -0.3 is 14.3 Å². The summed E-state index contributed by atoms with van der Waals surface area (Å²) in [5.41, 5.74) is 1.32. The van der Waals surface area contributed by atoms with Crippen LogP contribution in [0.1, 0.15) is 12.7 Å². The Hall–Kier alpha value is -3.68. The Morgan fingerprint density at radius 2 is 1.89 bits per heavy atom. The second-order valence-corrected chi connectivity index (χ2v) is 6.36. The molecule has 8 heteroatoms. The summed E-state index contributed by atoms with van der Waals surface area (Å²) in [6.45, 7) is 2.22. The lowest BCUT2D eigenvalue weighted by Gasteiger charge is -2.20. The van der Waals surface area contributed by atoms with E-state index in [2.05, 4.69) is 9.97 Å². The summed E-state index contributed by atoms with van der Waals surface area (Å²) in [5.74, 6) is -0.460. The first-order valence-electron chi connectivity index (χ1n) is 8.91. The van der Waals surface area contributed by atoms with E-state index in [4.69, 9.17) is 4.42 Å². The van der Waals surface area contributed by atoms with Crippen LogP contribution in [0.15, 0.2) is 62.5 Å². The summed E-state index contributed by atoms with van der Waals surface area (Å²) in [4.78, 5) is 45.8. The highest BCUT2D eigenvalue weighted by Gasteiger charge is 2.18. The van der Waals surface area contributed by atoms with Crippen LogP contribution in [0, 0.1) is 0 Å². The van der Waals surface area contributed by atoms with Crippen molar-refractivity contribution in [3.8, 4) is 0 Å². The Kier molecular flexibility index (Phi) is 4.52. The molecule has 1 N–H and O–H groups in total. The number of amides is 1. The van der Waals surface area contributed by atoms with Gasteiger partial charge in [-0.05, 0) is 31.2 Å². The van der Waals surface area contributed by atoms with E-state index < -0.39 is 5.76 Å². The predicted octanol–water partition coefficient (Wildman–Crippen LogP) is 1.88. The molecule has 0 aliphatic carbocycles. The summed E-state index contributed by atoms with van der Waals surface area (Å²) in [7, 11) is 0. The molecule has 0 radical (unpaired) electrons. The average Bonchev–Trinajstić information content (AvgIpc) is 3.01. The minimum absolute atomic E-state index is 0.139. The van der Waals surface area contributed by atoms with Crippen LogP contribution in [0.5, 0.6) is 0 Å². The van der Waals surface area contributed by atoms with Gasteiger partial charge >= 0.3 is 5.76 Å². The molecule has 2 aromatic heterocycles. The third-order valence-electron chi connectivity index (χ3n) is 4.60. The minimum atomic E-state index is -0.581. The Morgan fingerprint density at radius 1 is 1.14 bits per heavy atom. The van der Waals surface area contributed by atoms with Crippen LogP contribution in [0.3, 0.4) is 0 Å². The van der Waals surface area contributed by atoms with Gasteiger partial charge in [-0.2, -0.15) is 0 Å². The number of hydrogen-bond donors (Lipinski definition) is 1. The van der Waals surface area contributed by atoms with Crippen LogP contribution >= 0.6 is 0 Å². The molecule has 4 rings (SSSR count). The molecule has 0 fully saturated rings. The van der Waals surface area contributed by atoms with Crippen molar-refractivity contribution >= 4 is 27.9 Å². The average molecular weight is 378 g/mol. The molecule has 0 bridgehead atoms. The van der Waals surface area contributed by atoms with Crippen molar-refractivity contribution in [2.75, 3.05) is 6.54 Å². The number of benzene rings is 2. The molecule has 1 amide bonds. The maximum Gasteiger partial charge on any atom is 0.420 e. The standard InChI is InChI=1S/C20H18N4O4/c1-2-23(11-17-21-14-8-4-3-7-13(14)19(26)22-17)18(25)12-24-15-9-5-6-10-16(15)28-20(24)27/h3-10H,2,11-12H2,1H3,(H,21,22,26). The monoisotopic (exact) mass is 378 g/mol. The van der Waals surface area contributed by atoms with Gasteiger partial charge in [-0.15, -0.1) is 0 Å². The molecule has 0 aliphatic heterocycles. The number of rotatable bonds is 5. The van der Waals surface area contributed by atoms with Crippen LogP contribution < -0.4 is 11.3 Å². The SMILES string of the molecule is CCN(Cc1nc2ccccc2c(=O)[nH]1)C(=O)Cn1c(=O)oc2ccccc21. The van der Waals surface area contributed by atoms with E-state index in [-0.39, 0.29) is 24.6 Å². The second-order valence-electron chi connectivity index (χ2n) is 6.36. The Labute approximate surface area is 159 Å². The van der Waals surface area contributed by atoms with E-state index in [9.17, 15) is 14.4 Å². The largest absolute Gasteiger partial charge is 0.420 e. The van der Waals surface area contributed by atoms with Crippen LogP contribution in [-0.4, -0.2) is 31.9 Å². The van der Waals surface area contributed by atoms with E-state index in [0.717, 1.165) is 0 Å². The van der Waals surface area contributed by atoms with Crippen LogP contribution in [0.2, 0.25) is 0 Å². The van der Waals surface area contributed by atoms with Crippen molar-refractivity contribution in [1.82, 2.24) is 19.4 Å². The molecule has 28 heavy (non-hydrogen) atoms. The number of para-hydroxylation sites is 3. The zero-order chi connectivity index (χ0) is 19.7. The normalized spacial score (nSPS) is 11.2. The van der Waals surface area contributed by atoms with Crippen LogP contribution in [0.25, 0.3) is 22.0 Å². The lowest BCUT2D eigenvalue weighted by molar-refractivity contribution is -0.132. The number of nitrogens with zero attached hydrogens (tertiary/aromatic N) is 3. The molecule has 0 saturated heterocycles. The summed E-state index contributed by atoms with van der Waals surface area (Å²) >= 11 is 0. The topological polar surface area (TPSA) is 101 Å². The Morgan fingerprint density at radius 3 is 2.71 bits per heavy atom. The number of carbonyl (C=O) groups excluding carboxylic acids is 1. The number of aromatic nitrogens is 3. The fourth-order valence-electron chi connectivity index (χ4n) is 3.17. The van der Waals surface area contributed by atoms with Crippen molar-refractivity contribution in [2.24, 2.45) is 0 Å². The highest BCUT2D eigenvalue weighted by atomic mass is 16.4. The van der Waals surface area contributed by atoms with E-state index >= 15 is 0 Å². The van der Waals surface area contributed by atoms with E-state index in [1.807, 2.05) is 6.92 Å². The van der Waals surface area contributed by atoms with Crippen molar-refractivity contribution < 1.29 is 9.21 Å². The Balaban J connectivity index is 1.60. The molecule has 8 nitrogen and oxygen atoms in total. The molecule has 0 spiro atoms. The highest BCUT2D eigenvalue weighted by Crippen LogP contribution is 2.12. The minimum Gasteiger partial charge on any atom is -0.408 e. The first-order chi connectivity index (χ1) is 13.6. The molecular weight excluding hydrogens is 360 g/mol. The summed E-state index contributed by atoms with van der Waals surface area (Å²) in [6.07, 6.45) is 0. The first kappa shape index (κ1) is 17.7. The molecule has 0 atom stereocenters. The maximum absolute atomic E-state index is 12.8. The Bertz CT molecular complexity index is 1280. The summed E-state index contributed by atoms with van der Waals surface area (Å²) in [5, 5.41) is 0.497. The van der Waals surface area contributed by atoms with Gasteiger partial charge in [0.1, 0.15) is 12.4 Å². The van der Waals surface area contributed by atoms with Gasteiger partial charge in [-0.1, -0.05) is 24.3 Å². The number of fused-ring (bicyclic) bond motifs is 2. The maximum atomic E-state index is 12.8. The number of oxazole rings is 1. The predicted molar refractivity (Wildman–Crippen MR) is 104 cm³/mol. The number of H-pyrrole nitrogens is 1. The smallest absolute Gasteiger partial charge is 0.408 e. The van der Waals surface area contributed by atoms with Crippen molar-refractivity contribution in [3.05, 3.63) is 75.3 Å². The van der Waals surface area contributed by atoms with Gasteiger partial charge in [0, 0.05) is 6.54 Å². The fourth-order valence-corrected chi connectivity index (χ4v) is 3.17. The van der Waals surface area contributed by atoms with Crippen molar-refractivity contribution in [2.45, 2.75) is 20.0 Å². The van der Waals surface area contributed by atoms with E-state index in [0.29, 0.717) is 34.4 Å². The molecule has 2 heterocycles. The van der Waals surface area contributed by atoms with Crippen LogP contribution in [0.4, 0.5) is 0 Å². The number of nitrogens with one attached hydrogen (secondary N) is 1. The first-order valence-corrected chi connectivity index (χ1v) is 8.91. The fraction of sp³-hybridized carbons (Fsp3) is 0.200. The number of carbonyl (C=O) groups is 1. The zero-order valence-corrected chi connectivity index (χ0v) is 15.2. The highest BCUT2D eigenvalue weighted by molar-refractivity contribution is 5.80. The van der Waals surface area contributed by atoms with Gasteiger partial charge in [0.25, 0.3) is 5.56 Å². The lowest BCUT2D eigenvalue weighted by atomic mass is 10.2. The summed E-state index contributed by atoms with van der Waals surface area (Å²) in [6, 6.07) is 14.0. The molecule has 0 aliphatic rings. The van der Waals surface area contributed by atoms with E-state index in [1.54, 1.807) is 48.5 Å². The van der Waals surface area contributed by atoms with Crippen molar-refractivity contribution in [3.63, 3.8) is 0 Å². The zero-order valence-electron chi connectivity index (χ0n) is 15.2. The molecular formula is C20H18N4O4. The molecule has 0 saturated carbocycles. The van der Waals surface area contributed by atoms with Crippen LogP contribution in [-0.2, 0) is 17.9 Å². The molecule has 0 unspecified atom stereocenters. The quantitative estimate of drug-likeness (QED) is 0.571. The van der Waals surface area contributed by atoms with Crippen molar-refractivity contribution in [1.29, 1.82) is 0 Å². The van der Waals surface area contributed by atoms with Gasteiger partial charge in [0.15, 0.2) is 5.58 Å². The third-order valence-corrected chi connectivity index (χ3v) is 4.60. The number of hydrogen-bond acceptors (Lipinski definition) is 5. The second kappa shape index (κ2) is 7.15. The molecule has 2 aromatic carbocycles. The van der Waals surface area contributed by atoms with Gasteiger partial charge in [-0.25, -0.2) is 9.78 Å². The molecule has 142 valence electrons. The summed E-state index contributed by atoms with van der Waals surface area (Å²) < 4.78 is 6.47. The van der Waals surface area contributed by atoms with Gasteiger partial charge in [0.2, 0.25) is 5.91 Å². The van der Waals surface area contributed by atoms with Gasteiger partial charge in [-0.3, -0.25) is 14.2 Å².